The Kier molecular flexibility index (Phi) is 11.7. The second-order valence-corrected chi connectivity index (χ2v) is 5.01. The van der Waals surface area contributed by atoms with Gasteiger partial charge in [0, 0.05) is 27.3 Å². The molecule has 0 fully saturated rings. The molecule has 0 aliphatic carbocycles. The van der Waals surface area contributed by atoms with Gasteiger partial charge in [0.1, 0.15) is 5.54 Å². The molecule has 0 aromatic heterocycles. The number of nitrogens with zero attached hydrogens (tertiary/aromatic N) is 2. The summed E-state index contributed by atoms with van der Waals surface area (Å²) in [5.41, 5.74) is -0.372. The molecule has 0 radical (unpaired) electrons. The van der Waals surface area contributed by atoms with E-state index in [2.05, 4.69) is 23.2 Å². The fourth-order valence-corrected chi connectivity index (χ4v) is 2.28. The van der Waals surface area contributed by atoms with Gasteiger partial charge < -0.3 is 9.47 Å². The first-order chi connectivity index (χ1) is 9.67. The zero-order valence-electron chi connectivity index (χ0n) is 13.6. The number of methoxy groups -OCH3 is 2. The average molecular weight is 285 g/mol. The minimum Gasteiger partial charge on any atom is -0.383 e. The van der Waals surface area contributed by atoms with Gasteiger partial charge in [-0.1, -0.05) is 13.8 Å². The Morgan fingerprint density at radius 2 is 1.70 bits per heavy atom. The van der Waals surface area contributed by atoms with E-state index in [1.807, 2.05) is 6.92 Å². The Bertz CT molecular complexity index is 260. The van der Waals surface area contributed by atoms with Crippen LogP contribution in [0.4, 0.5) is 0 Å². The molecule has 0 saturated heterocycles. The molecular weight excluding hydrogens is 254 g/mol. The second-order valence-electron chi connectivity index (χ2n) is 5.01. The molecule has 0 aromatic carbocycles. The van der Waals surface area contributed by atoms with Gasteiger partial charge in [0.25, 0.3) is 0 Å². The van der Waals surface area contributed by atoms with Crippen molar-refractivity contribution in [1.82, 2.24) is 10.2 Å². The van der Waals surface area contributed by atoms with Gasteiger partial charge in [-0.3, -0.25) is 10.2 Å². The molecular formula is C15H31N3O2. The maximum absolute atomic E-state index is 9.39. The van der Waals surface area contributed by atoms with E-state index >= 15 is 0 Å². The lowest BCUT2D eigenvalue weighted by Gasteiger charge is -2.28. The van der Waals surface area contributed by atoms with E-state index in [4.69, 9.17) is 9.47 Å². The summed E-state index contributed by atoms with van der Waals surface area (Å²) >= 11 is 0. The SMILES string of the molecule is CCNC(C#N)(CC)CCCN(CCOC)CCOC. The third-order valence-corrected chi connectivity index (χ3v) is 3.63. The van der Waals surface area contributed by atoms with E-state index in [0.717, 1.165) is 58.7 Å². The highest BCUT2D eigenvalue weighted by Gasteiger charge is 2.26. The van der Waals surface area contributed by atoms with Crippen molar-refractivity contribution >= 4 is 0 Å². The summed E-state index contributed by atoms with van der Waals surface area (Å²) < 4.78 is 10.3. The van der Waals surface area contributed by atoms with Crippen LogP contribution < -0.4 is 5.32 Å². The van der Waals surface area contributed by atoms with Crippen LogP contribution in [0.3, 0.4) is 0 Å². The second kappa shape index (κ2) is 12.1. The first-order valence-corrected chi connectivity index (χ1v) is 7.54. The Balaban J connectivity index is 4.20. The van der Waals surface area contributed by atoms with Crippen molar-refractivity contribution in [3.8, 4) is 6.07 Å². The van der Waals surface area contributed by atoms with Crippen molar-refractivity contribution in [3.05, 3.63) is 0 Å². The van der Waals surface area contributed by atoms with Gasteiger partial charge in [-0.2, -0.15) is 5.26 Å². The molecule has 0 bridgehead atoms. The third-order valence-electron chi connectivity index (χ3n) is 3.63. The van der Waals surface area contributed by atoms with Gasteiger partial charge in [-0.05, 0) is 32.4 Å². The molecule has 0 aliphatic heterocycles. The highest BCUT2D eigenvalue weighted by molar-refractivity contribution is 5.05. The Labute approximate surface area is 124 Å². The Morgan fingerprint density at radius 3 is 2.10 bits per heavy atom. The molecule has 0 heterocycles. The zero-order chi connectivity index (χ0) is 15.3. The molecule has 0 spiro atoms. The van der Waals surface area contributed by atoms with E-state index in [9.17, 15) is 5.26 Å². The normalized spacial score (nSPS) is 14.2. The van der Waals surface area contributed by atoms with E-state index in [1.54, 1.807) is 14.2 Å². The monoisotopic (exact) mass is 285 g/mol. The highest BCUT2D eigenvalue weighted by Crippen LogP contribution is 2.16. The molecule has 1 atom stereocenters. The van der Waals surface area contributed by atoms with Crippen LogP contribution in [0.1, 0.15) is 33.1 Å². The third kappa shape index (κ3) is 7.81. The predicted molar refractivity (Wildman–Crippen MR) is 81.7 cm³/mol. The predicted octanol–water partition coefficient (Wildman–Crippen LogP) is 1.64. The quantitative estimate of drug-likeness (QED) is 0.557. The number of hydrogen-bond donors (Lipinski definition) is 1. The molecule has 0 amide bonds. The van der Waals surface area contributed by atoms with Crippen LogP contribution in [-0.4, -0.2) is 64.1 Å². The summed E-state index contributed by atoms with van der Waals surface area (Å²) in [6, 6.07) is 2.45. The summed E-state index contributed by atoms with van der Waals surface area (Å²) in [5, 5.41) is 12.7. The first-order valence-electron chi connectivity index (χ1n) is 7.54. The smallest absolute Gasteiger partial charge is 0.106 e. The maximum atomic E-state index is 9.39. The fourth-order valence-electron chi connectivity index (χ4n) is 2.28. The van der Waals surface area contributed by atoms with Crippen molar-refractivity contribution in [3.63, 3.8) is 0 Å². The minimum absolute atomic E-state index is 0.372. The summed E-state index contributed by atoms with van der Waals surface area (Å²) in [7, 11) is 3.44. The van der Waals surface area contributed by atoms with Crippen LogP contribution in [0.15, 0.2) is 0 Å². The van der Waals surface area contributed by atoms with Crippen LogP contribution >= 0.6 is 0 Å². The molecule has 20 heavy (non-hydrogen) atoms. The van der Waals surface area contributed by atoms with E-state index in [0.29, 0.717) is 0 Å². The summed E-state index contributed by atoms with van der Waals surface area (Å²) in [6.07, 6.45) is 2.72. The Hall–Kier alpha value is -0.670. The molecule has 0 rings (SSSR count). The van der Waals surface area contributed by atoms with Crippen LogP contribution in [-0.2, 0) is 9.47 Å². The summed E-state index contributed by atoms with van der Waals surface area (Å²) in [4.78, 5) is 2.33. The number of nitrogens with one attached hydrogen (secondary N) is 1. The Morgan fingerprint density at radius 1 is 1.10 bits per heavy atom. The zero-order valence-corrected chi connectivity index (χ0v) is 13.6. The van der Waals surface area contributed by atoms with E-state index in [-0.39, 0.29) is 5.54 Å². The van der Waals surface area contributed by atoms with Crippen molar-refractivity contribution < 1.29 is 9.47 Å². The van der Waals surface area contributed by atoms with Crippen LogP contribution in [0, 0.1) is 11.3 Å². The molecule has 1 N–H and O–H groups in total. The van der Waals surface area contributed by atoms with Gasteiger partial charge >= 0.3 is 0 Å². The van der Waals surface area contributed by atoms with Gasteiger partial charge in [0.15, 0.2) is 0 Å². The number of ether oxygens (including phenoxy) is 2. The summed E-state index contributed by atoms with van der Waals surface area (Å²) in [5.74, 6) is 0. The number of rotatable bonds is 13. The lowest BCUT2D eigenvalue weighted by atomic mass is 9.92. The molecule has 5 heteroatoms. The summed E-state index contributed by atoms with van der Waals surface area (Å²) in [6.45, 7) is 9.20. The van der Waals surface area contributed by atoms with Crippen LogP contribution in [0.2, 0.25) is 0 Å². The lowest BCUT2D eigenvalue weighted by molar-refractivity contribution is 0.111. The van der Waals surface area contributed by atoms with Gasteiger partial charge in [-0.15, -0.1) is 0 Å². The van der Waals surface area contributed by atoms with Crippen molar-refractivity contribution in [2.45, 2.75) is 38.6 Å². The molecule has 0 saturated carbocycles. The maximum Gasteiger partial charge on any atom is 0.106 e. The minimum atomic E-state index is -0.372. The molecule has 0 aliphatic rings. The van der Waals surface area contributed by atoms with Crippen LogP contribution in [0.5, 0.6) is 0 Å². The first kappa shape index (κ1) is 19.3. The lowest BCUT2D eigenvalue weighted by Crippen LogP contribution is -2.44. The van der Waals surface area contributed by atoms with Crippen molar-refractivity contribution in [2.75, 3.05) is 53.6 Å². The van der Waals surface area contributed by atoms with E-state index in [1.165, 1.54) is 0 Å². The molecule has 0 aromatic rings. The van der Waals surface area contributed by atoms with Gasteiger partial charge in [0.2, 0.25) is 0 Å². The largest absolute Gasteiger partial charge is 0.383 e. The average Bonchev–Trinajstić information content (AvgIpc) is 2.48. The molecule has 5 nitrogen and oxygen atoms in total. The topological polar surface area (TPSA) is 57.5 Å². The fraction of sp³-hybridized carbons (Fsp3) is 0.933. The van der Waals surface area contributed by atoms with Crippen molar-refractivity contribution in [1.29, 1.82) is 5.26 Å². The van der Waals surface area contributed by atoms with Gasteiger partial charge in [-0.25, -0.2) is 0 Å². The van der Waals surface area contributed by atoms with Crippen molar-refractivity contribution in [2.24, 2.45) is 0 Å². The molecule has 1 unspecified atom stereocenters. The molecule has 118 valence electrons. The standard InChI is InChI=1S/C15H31N3O2/c1-5-15(14-16,17-6-2)8-7-9-18(10-12-19-3)11-13-20-4/h17H,5-13H2,1-4H3. The van der Waals surface area contributed by atoms with E-state index < -0.39 is 0 Å². The van der Waals surface area contributed by atoms with Gasteiger partial charge in [0.05, 0.1) is 19.3 Å². The number of nitriles is 1. The van der Waals surface area contributed by atoms with Crippen LogP contribution in [0.25, 0.3) is 0 Å². The number of hydrogen-bond acceptors (Lipinski definition) is 5. The highest BCUT2D eigenvalue weighted by atomic mass is 16.5.